The zero-order valence-corrected chi connectivity index (χ0v) is 11.9. The lowest BCUT2D eigenvalue weighted by atomic mass is 10.0. The van der Waals surface area contributed by atoms with E-state index in [1.54, 1.807) is 0 Å². The largest absolute Gasteiger partial charge is 0.416 e. The van der Waals surface area contributed by atoms with E-state index < -0.39 is 17.8 Å². The van der Waals surface area contributed by atoms with Gasteiger partial charge in [0.2, 0.25) is 0 Å². The molecule has 0 saturated heterocycles. The van der Waals surface area contributed by atoms with Crippen molar-refractivity contribution < 1.29 is 13.2 Å². The van der Waals surface area contributed by atoms with Crippen LogP contribution in [0.3, 0.4) is 0 Å². The summed E-state index contributed by atoms with van der Waals surface area (Å²) < 4.78 is 38.2. The molecule has 0 aliphatic heterocycles. The summed E-state index contributed by atoms with van der Waals surface area (Å²) in [6, 6.07) is 3.06. The van der Waals surface area contributed by atoms with Crippen molar-refractivity contribution >= 4 is 28.3 Å². The normalized spacial score (nSPS) is 13.0. The highest BCUT2D eigenvalue weighted by atomic mass is 79.9. The van der Waals surface area contributed by atoms with E-state index in [4.69, 9.17) is 11.5 Å². The molecule has 0 radical (unpaired) electrons. The lowest BCUT2D eigenvalue weighted by molar-refractivity contribution is -0.137. The molecular formula is C11H15BrClF3N2. The highest BCUT2D eigenvalue weighted by Crippen LogP contribution is 2.34. The number of halogens is 5. The van der Waals surface area contributed by atoms with Crippen LogP contribution in [-0.4, -0.2) is 6.54 Å². The Labute approximate surface area is 118 Å². The van der Waals surface area contributed by atoms with Crippen molar-refractivity contribution in [1.82, 2.24) is 0 Å². The molecule has 0 fully saturated rings. The first-order valence-corrected chi connectivity index (χ1v) is 5.98. The van der Waals surface area contributed by atoms with Gasteiger partial charge in [-0.25, -0.2) is 0 Å². The minimum absolute atomic E-state index is 0. The zero-order valence-electron chi connectivity index (χ0n) is 9.51. The monoisotopic (exact) mass is 346 g/mol. The lowest BCUT2D eigenvalue weighted by Crippen LogP contribution is -2.15. The number of benzene rings is 1. The van der Waals surface area contributed by atoms with Crippen molar-refractivity contribution in [3.8, 4) is 0 Å². The number of rotatable bonds is 4. The molecule has 0 aromatic heterocycles. The minimum Gasteiger partial charge on any atom is -0.330 e. The SMILES string of the molecule is Cl.NCCC[C@@H](N)c1cc(C(F)(F)F)ccc1Br. The molecule has 0 aliphatic rings. The van der Waals surface area contributed by atoms with Crippen LogP contribution in [0.1, 0.15) is 30.0 Å². The topological polar surface area (TPSA) is 52.0 Å². The molecule has 1 aromatic carbocycles. The van der Waals surface area contributed by atoms with E-state index in [-0.39, 0.29) is 12.4 Å². The molecule has 1 aromatic rings. The third-order valence-electron chi connectivity index (χ3n) is 2.44. The highest BCUT2D eigenvalue weighted by molar-refractivity contribution is 9.10. The van der Waals surface area contributed by atoms with E-state index >= 15 is 0 Å². The average molecular weight is 348 g/mol. The van der Waals surface area contributed by atoms with Crippen LogP contribution in [0.2, 0.25) is 0 Å². The number of alkyl halides is 3. The Morgan fingerprint density at radius 1 is 1.28 bits per heavy atom. The van der Waals surface area contributed by atoms with E-state index in [0.717, 1.165) is 12.1 Å². The van der Waals surface area contributed by atoms with E-state index in [1.807, 2.05) is 0 Å². The van der Waals surface area contributed by atoms with Crippen LogP contribution in [0.4, 0.5) is 13.2 Å². The summed E-state index contributed by atoms with van der Waals surface area (Å²) in [5.41, 5.74) is 11.0. The fourth-order valence-corrected chi connectivity index (χ4v) is 2.04. The molecule has 0 amide bonds. The summed E-state index contributed by atoms with van der Waals surface area (Å²) in [4.78, 5) is 0. The average Bonchev–Trinajstić information content (AvgIpc) is 2.24. The summed E-state index contributed by atoms with van der Waals surface area (Å²) >= 11 is 3.21. The zero-order chi connectivity index (χ0) is 13.1. The van der Waals surface area contributed by atoms with Gasteiger partial charge in [0.15, 0.2) is 0 Å². The van der Waals surface area contributed by atoms with E-state index in [9.17, 15) is 13.2 Å². The molecule has 0 heterocycles. The summed E-state index contributed by atoms with van der Waals surface area (Å²) in [6.07, 6.45) is -3.09. The third kappa shape index (κ3) is 4.76. The fraction of sp³-hybridized carbons (Fsp3) is 0.455. The van der Waals surface area contributed by atoms with Gasteiger partial charge < -0.3 is 11.5 Å². The van der Waals surface area contributed by atoms with Crippen molar-refractivity contribution in [2.75, 3.05) is 6.54 Å². The Kier molecular flexibility index (Phi) is 7.21. The first-order valence-electron chi connectivity index (χ1n) is 5.18. The molecule has 2 nitrogen and oxygen atoms in total. The Bertz CT molecular complexity index is 385. The van der Waals surface area contributed by atoms with E-state index in [1.165, 1.54) is 6.07 Å². The van der Waals surface area contributed by atoms with Gasteiger partial charge in [-0.05, 0) is 43.1 Å². The second-order valence-corrected chi connectivity index (χ2v) is 4.63. The summed E-state index contributed by atoms with van der Waals surface area (Å²) in [6.45, 7) is 0.476. The van der Waals surface area contributed by atoms with Crippen LogP contribution in [0.25, 0.3) is 0 Å². The summed E-state index contributed by atoms with van der Waals surface area (Å²) in [5.74, 6) is 0. The molecule has 0 saturated carbocycles. The molecule has 7 heteroatoms. The smallest absolute Gasteiger partial charge is 0.330 e. The third-order valence-corrected chi connectivity index (χ3v) is 3.16. The molecule has 0 unspecified atom stereocenters. The Balaban J connectivity index is 0.00000289. The van der Waals surface area contributed by atoms with Crippen LogP contribution in [-0.2, 0) is 6.18 Å². The Morgan fingerprint density at radius 2 is 1.89 bits per heavy atom. The van der Waals surface area contributed by atoms with Crippen LogP contribution in [0.5, 0.6) is 0 Å². The minimum atomic E-state index is -4.34. The maximum Gasteiger partial charge on any atom is 0.416 e. The molecular weight excluding hydrogens is 332 g/mol. The molecule has 1 atom stereocenters. The van der Waals surface area contributed by atoms with Gasteiger partial charge in [0.25, 0.3) is 0 Å². The maximum absolute atomic E-state index is 12.5. The molecule has 104 valence electrons. The second-order valence-electron chi connectivity index (χ2n) is 3.77. The molecule has 0 bridgehead atoms. The molecule has 18 heavy (non-hydrogen) atoms. The molecule has 0 aliphatic carbocycles. The van der Waals surface area contributed by atoms with Gasteiger partial charge in [-0.1, -0.05) is 15.9 Å². The van der Waals surface area contributed by atoms with E-state index in [0.29, 0.717) is 29.4 Å². The quantitative estimate of drug-likeness (QED) is 0.874. The van der Waals surface area contributed by atoms with Gasteiger partial charge in [0.05, 0.1) is 5.56 Å². The van der Waals surface area contributed by atoms with Crippen molar-refractivity contribution in [2.24, 2.45) is 11.5 Å². The van der Waals surface area contributed by atoms with Gasteiger partial charge in [0, 0.05) is 10.5 Å². The maximum atomic E-state index is 12.5. The standard InChI is InChI=1S/C11H14BrF3N2.ClH/c12-9-4-3-7(11(13,14)15)6-8(9)10(17)2-1-5-16;/h3-4,6,10H,1-2,5,16-17H2;1H/t10-;/m1./s1. The van der Waals surface area contributed by atoms with Crippen molar-refractivity contribution in [3.63, 3.8) is 0 Å². The summed E-state index contributed by atoms with van der Waals surface area (Å²) in [7, 11) is 0. The highest BCUT2D eigenvalue weighted by Gasteiger charge is 2.31. The predicted octanol–water partition coefficient (Wildman–Crippen LogP) is 3.63. The van der Waals surface area contributed by atoms with Crippen LogP contribution < -0.4 is 11.5 Å². The van der Waals surface area contributed by atoms with Crippen LogP contribution in [0, 0.1) is 0 Å². The number of nitrogens with two attached hydrogens (primary N) is 2. The number of hydrogen-bond donors (Lipinski definition) is 2. The molecule has 0 spiro atoms. The number of hydrogen-bond acceptors (Lipinski definition) is 2. The van der Waals surface area contributed by atoms with Gasteiger partial charge in [-0.2, -0.15) is 13.2 Å². The lowest BCUT2D eigenvalue weighted by Gasteiger charge is -2.16. The van der Waals surface area contributed by atoms with Crippen LogP contribution >= 0.6 is 28.3 Å². The molecule has 4 N–H and O–H groups in total. The predicted molar refractivity (Wildman–Crippen MR) is 71.6 cm³/mol. The first-order chi connectivity index (χ1) is 7.86. The van der Waals surface area contributed by atoms with Crippen LogP contribution in [0.15, 0.2) is 22.7 Å². The van der Waals surface area contributed by atoms with Gasteiger partial charge in [0.1, 0.15) is 0 Å². The van der Waals surface area contributed by atoms with Gasteiger partial charge >= 0.3 is 6.18 Å². The second kappa shape index (κ2) is 7.33. The van der Waals surface area contributed by atoms with Gasteiger partial charge in [-0.15, -0.1) is 12.4 Å². The Morgan fingerprint density at radius 3 is 2.39 bits per heavy atom. The van der Waals surface area contributed by atoms with Crippen molar-refractivity contribution in [2.45, 2.75) is 25.1 Å². The van der Waals surface area contributed by atoms with Gasteiger partial charge in [-0.3, -0.25) is 0 Å². The Hall–Kier alpha value is -0.300. The first kappa shape index (κ1) is 17.7. The van der Waals surface area contributed by atoms with E-state index in [2.05, 4.69) is 15.9 Å². The summed E-state index contributed by atoms with van der Waals surface area (Å²) in [5, 5.41) is 0. The van der Waals surface area contributed by atoms with Crippen molar-refractivity contribution in [1.29, 1.82) is 0 Å². The fourth-order valence-electron chi connectivity index (χ4n) is 1.50. The molecule has 1 rings (SSSR count). The van der Waals surface area contributed by atoms with Crippen molar-refractivity contribution in [3.05, 3.63) is 33.8 Å².